The Morgan fingerprint density at radius 3 is 2.62 bits per heavy atom. The molecule has 1 atom stereocenters. The Labute approximate surface area is 158 Å². The first-order chi connectivity index (χ1) is 12.3. The molecule has 0 bridgehead atoms. The summed E-state index contributed by atoms with van der Waals surface area (Å²) in [6.07, 6.45) is 2.51. The van der Waals surface area contributed by atoms with Crippen LogP contribution in [0.25, 0.3) is 0 Å². The molecule has 0 saturated carbocycles. The van der Waals surface area contributed by atoms with E-state index in [-0.39, 0.29) is 17.3 Å². The molecule has 1 N–H and O–H groups in total. The number of rotatable bonds is 5. The quantitative estimate of drug-likeness (QED) is 0.720. The second kappa shape index (κ2) is 7.28. The number of esters is 1. The molecule has 3 rings (SSSR count). The fourth-order valence-electron chi connectivity index (χ4n) is 3.79. The first-order valence-electron chi connectivity index (χ1n) is 8.75. The smallest absolute Gasteiger partial charge is 0.305 e. The van der Waals surface area contributed by atoms with Gasteiger partial charge in [-0.3, -0.25) is 4.79 Å². The van der Waals surface area contributed by atoms with E-state index in [2.05, 4.69) is 5.32 Å². The van der Waals surface area contributed by atoms with Gasteiger partial charge in [-0.15, -0.1) is 0 Å². The summed E-state index contributed by atoms with van der Waals surface area (Å²) in [5.74, 6) is -0.387. The molecule has 2 aromatic rings. The van der Waals surface area contributed by atoms with Gasteiger partial charge in [-0.05, 0) is 67.1 Å². The second-order valence-corrected chi connectivity index (χ2v) is 7.48. The third-order valence-corrected chi connectivity index (χ3v) is 5.37. The minimum absolute atomic E-state index is 0.169. The van der Waals surface area contributed by atoms with E-state index in [4.69, 9.17) is 16.3 Å². The predicted octanol–water partition coefficient (Wildman–Crippen LogP) is 5.30. The second-order valence-electron chi connectivity index (χ2n) is 7.04. The topological polar surface area (TPSA) is 38.3 Å². The summed E-state index contributed by atoms with van der Waals surface area (Å²) in [6.45, 7) is 3.57. The van der Waals surface area contributed by atoms with E-state index in [1.165, 1.54) is 7.11 Å². The number of carbonyl (C=O) groups excluding carboxylic acids is 1. The number of carbonyl (C=O) groups is 1. The average Bonchev–Trinajstić information content (AvgIpc) is 2.97. The number of hydrogen-bond acceptors (Lipinski definition) is 3. The Kier molecular flexibility index (Phi) is 5.24. The van der Waals surface area contributed by atoms with Crippen molar-refractivity contribution in [3.63, 3.8) is 0 Å². The summed E-state index contributed by atoms with van der Waals surface area (Å²) in [5, 5.41) is 4.32. The van der Waals surface area contributed by atoms with Crippen LogP contribution in [0.15, 0.2) is 30.3 Å². The van der Waals surface area contributed by atoms with Gasteiger partial charge in [-0.1, -0.05) is 23.7 Å². The lowest BCUT2D eigenvalue weighted by molar-refractivity contribution is -0.140. The fourth-order valence-corrected chi connectivity index (χ4v) is 3.98. The third-order valence-electron chi connectivity index (χ3n) is 5.13. The number of anilines is 1. The third kappa shape index (κ3) is 3.56. The number of benzene rings is 2. The molecule has 0 aliphatic carbocycles. The summed E-state index contributed by atoms with van der Waals surface area (Å²) in [7, 11) is 1.40. The molecule has 3 nitrogen and oxygen atoms in total. The molecule has 26 heavy (non-hydrogen) atoms. The fraction of sp³-hybridized carbons (Fsp3) is 0.381. The molecular weight excluding hydrogens is 353 g/mol. The standard InChI is InChI=1S/C21H23ClFNO2/c1-13-9-16(10-14(2)20(13)23)21(8-4-5-19(25)26-3)12-15-11-17(22)6-7-18(15)24-21/h6-7,9-11,24H,4-5,8,12H2,1-3H3. The van der Waals surface area contributed by atoms with E-state index in [9.17, 15) is 9.18 Å². The summed E-state index contributed by atoms with van der Waals surface area (Å²) < 4.78 is 18.9. The van der Waals surface area contributed by atoms with Crippen molar-refractivity contribution >= 4 is 23.3 Å². The minimum Gasteiger partial charge on any atom is -0.469 e. The van der Waals surface area contributed by atoms with E-state index in [0.717, 1.165) is 29.7 Å². The van der Waals surface area contributed by atoms with Gasteiger partial charge in [0.05, 0.1) is 12.6 Å². The normalized spacial score (nSPS) is 18.3. The van der Waals surface area contributed by atoms with Crippen LogP contribution in [0.5, 0.6) is 0 Å². The Balaban J connectivity index is 1.97. The van der Waals surface area contributed by atoms with Gasteiger partial charge in [0.15, 0.2) is 0 Å². The van der Waals surface area contributed by atoms with Crippen molar-refractivity contribution in [2.75, 3.05) is 12.4 Å². The van der Waals surface area contributed by atoms with Gasteiger partial charge in [-0.2, -0.15) is 0 Å². The highest BCUT2D eigenvalue weighted by atomic mass is 35.5. The Hall–Kier alpha value is -2.07. The van der Waals surface area contributed by atoms with Crippen molar-refractivity contribution < 1.29 is 13.9 Å². The zero-order chi connectivity index (χ0) is 18.9. The van der Waals surface area contributed by atoms with Crippen LogP contribution < -0.4 is 5.32 Å². The van der Waals surface area contributed by atoms with Gasteiger partial charge in [0.2, 0.25) is 0 Å². The molecule has 1 unspecified atom stereocenters. The molecule has 0 fully saturated rings. The average molecular weight is 376 g/mol. The number of halogens is 2. The molecule has 0 saturated heterocycles. The van der Waals surface area contributed by atoms with Crippen LogP contribution in [0.1, 0.15) is 41.5 Å². The molecule has 0 spiro atoms. The molecule has 2 aromatic carbocycles. The number of nitrogens with one attached hydrogen (secondary N) is 1. The maximum absolute atomic E-state index is 14.1. The largest absolute Gasteiger partial charge is 0.469 e. The van der Waals surface area contributed by atoms with E-state index in [1.807, 2.05) is 30.3 Å². The van der Waals surface area contributed by atoms with Gasteiger partial charge < -0.3 is 10.1 Å². The predicted molar refractivity (Wildman–Crippen MR) is 102 cm³/mol. The van der Waals surface area contributed by atoms with Gasteiger partial charge in [0, 0.05) is 23.6 Å². The number of hydrogen-bond donors (Lipinski definition) is 1. The molecule has 0 radical (unpaired) electrons. The molecule has 138 valence electrons. The van der Waals surface area contributed by atoms with Gasteiger partial charge in [0.1, 0.15) is 5.82 Å². The van der Waals surface area contributed by atoms with Crippen molar-refractivity contribution in [3.8, 4) is 0 Å². The van der Waals surface area contributed by atoms with Crippen LogP contribution in [-0.2, 0) is 21.5 Å². The lowest BCUT2D eigenvalue weighted by Crippen LogP contribution is -2.33. The van der Waals surface area contributed by atoms with Crippen LogP contribution in [0.4, 0.5) is 10.1 Å². The van der Waals surface area contributed by atoms with Crippen molar-refractivity contribution in [2.24, 2.45) is 0 Å². The zero-order valence-corrected chi connectivity index (χ0v) is 16.0. The lowest BCUT2D eigenvalue weighted by atomic mass is 9.81. The zero-order valence-electron chi connectivity index (χ0n) is 15.3. The van der Waals surface area contributed by atoms with Crippen LogP contribution >= 0.6 is 11.6 Å². The Bertz CT molecular complexity index is 829. The molecule has 0 aromatic heterocycles. The highest BCUT2D eigenvalue weighted by molar-refractivity contribution is 6.30. The van der Waals surface area contributed by atoms with Crippen LogP contribution in [-0.4, -0.2) is 13.1 Å². The number of methoxy groups -OCH3 is 1. The number of fused-ring (bicyclic) bond motifs is 1. The van der Waals surface area contributed by atoms with Gasteiger partial charge in [-0.25, -0.2) is 4.39 Å². The van der Waals surface area contributed by atoms with Gasteiger partial charge >= 0.3 is 5.97 Å². The minimum atomic E-state index is -0.385. The Morgan fingerprint density at radius 2 is 1.96 bits per heavy atom. The summed E-state index contributed by atoms with van der Waals surface area (Å²) in [4.78, 5) is 11.5. The van der Waals surface area contributed by atoms with E-state index in [1.54, 1.807) is 13.8 Å². The maximum Gasteiger partial charge on any atom is 0.305 e. The number of aryl methyl sites for hydroxylation is 2. The van der Waals surface area contributed by atoms with Crippen molar-refractivity contribution in [1.82, 2.24) is 0 Å². The summed E-state index contributed by atoms with van der Waals surface area (Å²) in [5.41, 5.74) is 4.07. The summed E-state index contributed by atoms with van der Waals surface area (Å²) >= 11 is 6.16. The van der Waals surface area contributed by atoms with Gasteiger partial charge in [0.25, 0.3) is 0 Å². The highest BCUT2D eigenvalue weighted by Gasteiger charge is 2.38. The first kappa shape index (κ1) is 18.7. The molecular formula is C21H23ClFNO2. The molecule has 1 aliphatic rings. The molecule has 1 heterocycles. The van der Waals surface area contributed by atoms with Crippen LogP contribution in [0.2, 0.25) is 5.02 Å². The SMILES string of the molecule is COC(=O)CCCC1(c2cc(C)c(F)c(C)c2)Cc2cc(Cl)ccc2N1. The van der Waals surface area contributed by atoms with E-state index >= 15 is 0 Å². The van der Waals surface area contributed by atoms with E-state index in [0.29, 0.717) is 29.0 Å². The molecule has 1 aliphatic heterocycles. The highest BCUT2D eigenvalue weighted by Crippen LogP contribution is 2.44. The summed E-state index contributed by atoms with van der Waals surface area (Å²) in [6, 6.07) is 9.61. The lowest BCUT2D eigenvalue weighted by Gasteiger charge is -2.32. The van der Waals surface area contributed by atoms with Crippen LogP contribution in [0.3, 0.4) is 0 Å². The van der Waals surface area contributed by atoms with Crippen molar-refractivity contribution in [2.45, 2.75) is 45.1 Å². The Morgan fingerprint density at radius 1 is 1.27 bits per heavy atom. The van der Waals surface area contributed by atoms with Crippen LogP contribution in [0, 0.1) is 19.7 Å². The monoisotopic (exact) mass is 375 g/mol. The first-order valence-corrected chi connectivity index (χ1v) is 9.13. The van der Waals surface area contributed by atoms with Crippen molar-refractivity contribution in [3.05, 3.63) is 63.4 Å². The maximum atomic E-state index is 14.1. The van der Waals surface area contributed by atoms with Crippen molar-refractivity contribution in [1.29, 1.82) is 0 Å². The molecule has 5 heteroatoms. The number of ether oxygens (including phenoxy) is 1. The molecule has 0 amide bonds. The van der Waals surface area contributed by atoms with E-state index < -0.39 is 0 Å².